The van der Waals surface area contributed by atoms with Gasteiger partial charge in [0.25, 0.3) is 5.91 Å². The quantitative estimate of drug-likeness (QED) is 0.204. The van der Waals surface area contributed by atoms with Gasteiger partial charge in [0, 0.05) is 12.6 Å². The molecule has 1 atom stereocenters. The van der Waals surface area contributed by atoms with Crippen LogP contribution < -0.4 is 5.73 Å². The molecule has 0 radical (unpaired) electrons. The third-order valence-electron chi connectivity index (χ3n) is 3.70. The first-order chi connectivity index (χ1) is 12.5. The van der Waals surface area contributed by atoms with Crippen LogP contribution in [0.5, 0.6) is 0 Å². The van der Waals surface area contributed by atoms with E-state index in [1.165, 1.54) is 4.90 Å². The van der Waals surface area contributed by atoms with E-state index in [9.17, 15) is 14.4 Å². The van der Waals surface area contributed by atoms with Crippen LogP contribution in [0.2, 0.25) is 0 Å². The summed E-state index contributed by atoms with van der Waals surface area (Å²) in [5.74, 6) is -1.19. The molecule has 0 bridgehead atoms. The molecule has 1 aromatic carbocycles. The van der Waals surface area contributed by atoms with Crippen LogP contribution in [-0.4, -0.2) is 35.6 Å². The number of nitrogens with two attached hydrogens (primary N) is 1. The molecule has 0 aromatic heterocycles. The number of unbranched alkanes of at least 4 members (excludes halogenated alkanes) is 2. The van der Waals surface area contributed by atoms with Crippen LogP contribution in [0.3, 0.4) is 0 Å². The van der Waals surface area contributed by atoms with E-state index in [0.717, 1.165) is 30.6 Å². The second-order valence-electron chi connectivity index (χ2n) is 5.72. The Hall–Kier alpha value is -2.73. The summed E-state index contributed by atoms with van der Waals surface area (Å²) in [7, 11) is 0. The molecule has 0 fully saturated rings. The smallest absolute Gasteiger partial charge is 0.252 e. The van der Waals surface area contributed by atoms with E-state index in [0.29, 0.717) is 19.3 Å². The first-order valence-electron chi connectivity index (χ1n) is 8.60. The lowest BCUT2D eigenvalue weighted by Crippen LogP contribution is -2.47. The lowest BCUT2D eigenvalue weighted by molar-refractivity contribution is -0.132. The maximum Gasteiger partial charge on any atom is 0.252 e. The number of carbonyl (C=O) groups is 3. The van der Waals surface area contributed by atoms with Gasteiger partial charge in [-0.1, -0.05) is 56.7 Å². The van der Waals surface area contributed by atoms with Crippen molar-refractivity contribution < 1.29 is 19.1 Å². The van der Waals surface area contributed by atoms with Gasteiger partial charge in [-0.3, -0.25) is 14.4 Å². The third-order valence-corrected chi connectivity index (χ3v) is 3.70. The van der Waals surface area contributed by atoms with Crippen LogP contribution >= 0.6 is 0 Å². The van der Waals surface area contributed by atoms with E-state index in [2.05, 4.69) is 6.58 Å². The van der Waals surface area contributed by atoms with Crippen LogP contribution in [0, 0.1) is 0 Å². The second kappa shape index (κ2) is 11.8. The number of rotatable bonds is 12. The fourth-order valence-electron chi connectivity index (χ4n) is 2.23. The van der Waals surface area contributed by atoms with Crippen molar-refractivity contribution in [3.05, 3.63) is 60.4 Å². The van der Waals surface area contributed by atoms with Gasteiger partial charge in [0.1, 0.15) is 12.8 Å². The molecule has 2 N–H and O–H groups in total. The average molecular weight is 358 g/mol. The first-order valence-corrected chi connectivity index (χ1v) is 8.60. The SMILES string of the molecule is C=CC(=O)/C(=C/C(=O)N(CCCCC)C(N)C=O)OCc1ccccc1. The molecule has 1 unspecified atom stereocenters. The van der Waals surface area contributed by atoms with Gasteiger partial charge < -0.3 is 15.4 Å². The zero-order valence-electron chi connectivity index (χ0n) is 15.1. The van der Waals surface area contributed by atoms with Gasteiger partial charge in [0.2, 0.25) is 5.78 Å². The summed E-state index contributed by atoms with van der Waals surface area (Å²) in [5, 5.41) is 0. The normalized spacial score (nSPS) is 12.2. The maximum atomic E-state index is 12.5. The largest absolute Gasteiger partial charge is 0.485 e. The zero-order valence-corrected chi connectivity index (χ0v) is 15.1. The van der Waals surface area contributed by atoms with Crippen LogP contribution in [0.15, 0.2) is 54.8 Å². The highest BCUT2D eigenvalue weighted by atomic mass is 16.5. The first kappa shape index (κ1) is 21.3. The van der Waals surface area contributed by atoms with E-state index in [-0.39, 0.29) is 12.4 Å². The number of hydrogen-bond donors (Lipinski definition) is 1. The molecule has 0 spiro atoms. The number of nitrogens with zero attached hydrogens (tertiary/aromatic N) is 1. The van der Waals surface area contributed by atoms with Gasteiger partial charge in [0.05, 0.1) is 0 Å². The highest BCUT2D eigenvalue weighted by Gasteiger charge is 2.20. The molecule has 26 heavy (non-hydrogen) atoms. The predicted octanol–water partition coefficient (Wildman–Crippen LogP) is 2.34. The standard InChI is InChI=1S/C20H26N2O4/c1-3-5-9-12-22(19(21)14-23)20(25)13-18(17(24)4-2)26-15-16-10-7-6-8-11-16/h4,6-8,10-11,13-14,19H,2-3,5,9,12,15,21H2,1H3/b18-13-. The average Bonchev–Trinajstić information content (AvgIpc) is 2.67. The Morgan fingerprint density at radius 1 is 1.27 bits per heavy atom. The van der Waals surface area contributed by atoms with E-state index in [4.69, 9.17) is 10.5 Å². The van der Waals surface area contributed by atoms with E-state index in [1.54, 1.807) is 0 Å². The topological polar surface area (TPSA) is 89.7 Å². The molecule has 0 aliphatic carbocycles. The summed E-state index contributed by atoms with van der Waals surface area (Å²) in [5.41, 5.74) is 6.57. The van der Waals surface area contributed by atoms with E-state index < -0.39 is 17.9 Å². The van der Waals surface area contributed by atoms with Crippen molar-refractivity contribution in [1.82, 2.24) is 4.90 Å². The highest BCUT2D eigenvalue weighted by molar-refractivity contribution is 6.06. The zero-order chi connectivity index (χ0) is 19.4. The van der Waals surface area contributed by atoms with Crippen LogP contribution in [0.25, 0.3) is 0 Å². The molecule has 0 saturated carbocycles. The number of benzene rings is 1. The molecule has 1 aromatic rings. The summed E-state index contributed by atoms with van der Waals surface area (Å²) in [4.78, 5) is 36.8. The molecule has 1 rings (SSSR count). The van der Waals surface area contributed by atoms with Gasteiger partial charge >= 0.3 is 0 Å². The Bertz CT molecular complexity index is 640. The molecule has 6 nitrogen and oxygen atoms in total. The van der Waals surface area contributed by atoms with Crippen molar-refractivity contribution in [2.24, 2.45) is 5.73 Å². The molecule has 0 heterocycles. The minimum atomic E-state index is -1.06. The van der Waals surface area contributed by atoms with Crippen LogP contribution in [0.1, 0.15) is 31.7 Å². The van der Waals surface area contributed by atoms with Gasteiger partial charge in [0.15, 0.2) is 12.0 Å². The van der Waals surface area contributed by atoms with E-state index >= 15 is 0 Å². The molecule has 6 heteroatoms. The van der Waals surface area contributed by atoms with Crippen molar-refractivity contribution in [3.8, 4) is 0 Å². The number of hydrogen-bond acceptors (Lipinski definition) is 5. The predicted molar refractivity (Wildman–Crippen MR) is 99.8 cm³/mol. The molecule has 0 saturated heterocycles. The van der Waals surface area contributed by atoms with Crippen LogP contribution in [0.4, 0.5) is 0 Å². The van der Waals surface area contributed by atoms with Gasteiger partial charge in [-0.05, 0) is 18.1 Å². The van der Waals surface area contributed by atoms with Crippen molar-refractivity contribution in [3.63, 3.8) is 0 Å². The van der Waals surface area contributed by atoms with Crippen molar-refractivity contribution in [2.75, 3.05) is 6.54 Å². The number of carbonyl (C=O) groups excluding carboxylic acids is 3. The summed E-state index contributed by atoms with van der Waals surface area (Å²) >= 11 is 0. The van der Waals surface area contributed by atoms with E-state index in [1.807, 2.05) is 37.3 Å². The summed E-state index contributed by atoms with van der Waals surface area (Å²) in [6.07, 6.45) is 4.17. The number of ether oxygens (including phenoxy) is 1. The Morgan fingerprint density at radius 3 is 2.54 bits per heavy atom. The molecule has 140 valence electrons. The summed E-state index contributed by atoms with van der Waals surface area (Å²) in [6.45, 7) is 5.92. The summed E-state index contributed by atoms with van der Waals surface area (Å²) in [6, 6.07) is 9.25. The Labute approximate surface area is 154 Å². The van der Waals surface area contributed by atoms with Crippen molar-refractivity contribution in [1.29, 1.82) is 0 Å². The lowest BCUT2D eigenvalue weighted by Gasteiger charge is -2.24. The Balaban J connectivity index is 2.92. The lowest BCUT2D eigenvalue weighted by atomic mass is 10.2. The fourth-order valence-corrected chi connectivity index (χ4v) is 2.23. The highest BCUT2D eigenvalue weighted by Crippen LogP contribution is 2.10. The van der Waals surface area contributed by atoms with Crippen molar-refractivity contribution in [2.45, 2.75) is 39.0 Å². The summed E-state index contributed by atoms with van der Waals surface area (Å²) < 4.78 is 5.50. The molecular weight excluding hydrogens is 332 g/mol. The Kier molecular flexibility index (Phi) is 9.64. The maximum absolute atomic E-state index is 12.5. The fraction of sp³-hybridized carbons (Fsp3) is 0.350. The molecule has 0 aliphatic heterocycles. The molecule has 1 amide bonds. The molecule has 0 aliphatic rings. The van der Waals surface area contributed by atoms with Gasteiger partial charge in [-0.2, -0.15) is 0 Å². The third kappa shape index (κ3) is 7.03. The van der Waals surface area contributed by atoms with Crippen molar-refractivity contribution >= 4 is 18.0 Å². The Morgan fingerprint density at radius 2 is 1.96 bits per heavy atom. The van der Waals surface area contributed by atoms with Gasteiger partial charge in [-0.25, -0.2) is 0 Å². The monoisotopic (exact) mass is 358 g/mol. The number of aldehydes is 1. The number of allylic oxidation sites excluding steroid dienone is 1. The number of ketones is 1. The number of amides is 1. The minimum Gasteiger partial charge on any atom is -0.485 e. The van der Waals surface area contributed by atoms with Gasteiger partial charge in [-0.15, -0.1) is 0 Å². The van der Waals surface area contributed by atoms with Crippen LogP contribution in [-0.2, 0) is 25.7 Å². The minimum absolute atomic E-state index is 0.132. The molecular formula is C20H26N2O4. The second-order valence-corrected chi connectivity index (χ2v) is 5.72.